The van der Waals surface area contributed by atoms with Crippen LogP contribution in [-0.4, -0.2) is 49.3 Å². The van der Waals surface area contributed by atoms with Crippen LogP contribution in [0.2, 0.25) is 0 Å². The summed E-state index contributed by atoms with van der Waals surface area (Å²) in [6, 6.07) is 3.40. The number of alkyl carbamates (subject to hydrolysis) is 1. The standard InChI is InChI=1S/C21H24N6O4/c1-21(2,3)26-20(29)31-13-5-6-14-12(9-13)10-23-19(24-14)27-17(28)11-22-15-7-8-16(30-4)25-18(15)27/h7-8,10-11,13H,5-6,9H2,1-4H3,(H,26,29). The Labute approximate surface area is 178 Å². The number of nitrogens with one attached hydrogen (secondary N) is 1. The zero-order chi connectivity index (χ0) is 22.2. The Morgan fingerprint density at radius 2 is 2.00 bits per heavy atom. The summed E-state index contributed by atoms with van der Waals surface area (Å²) >= 11 is 0. The molecule has 0 radical (unpaired) electrons. The first-order valence-electron chi connectivity index (χ1n) is 10.0. The fourth-order valence-corrected chi connectivity index (χ4v) is 3.44. The van der Waals surface area contributed by atoms with Crippen molar-refractivity contribution in [2.24, 2.45) is 0 Å². The number of carbonyl (C=O) groups is 1. The Kier molecular flexibility index (Phi) is 5.30. The molecular weight excluding hydrogens is 400 g/mol. The number of amides is 1. The van der Waals surface area contributed by atoms with Crippen LogP contribution in [0.4, 0.5) is 4.79 Å². The van der Waals surface area contributed by atoms with Gasteiger partial charge >= 0.3 is 6.09 Å². The minimum atomic E-state index is -0.437. The first-order chi connectivity index (χ1) is 14.7. The zero-order valence-corrected chi connectivity index (χ0v) is 17.9. The van der Waals surface area contributed by atoms with Gasteiger partial charge in [0.15, 0.2) is 5.65 Å². The molecule has 0 saturated carbocycles. The summed E-state index contributed by atoms with van der Waals surface area (Å²) in [6.45, 7) is 5.69. The van der Waals surface area contributed by atoms with E-state index in [0.29, 0.717) is 36.3 Å². The van der Waals surface area contributed by atoms with Crippen molar-refractivity contribution >= 4 is 17.3 Å². The Morgan fingerprint density at radius 3 is 2.74 bits per heavy atom. The maximum atomic E-state index is 12.6. The summed E-state index contributed by atoms with van der Waals surface area (Å²) in [4.78, 5) is 42.1. The average molecular weight is 424 g/mol. The largest absolute Gasteiger partial charge is 0.481 e. The van der Waals surface area contributed by atoms with Crippen LogP contribution in [0.25, 0.3) is 17.1 Å². The number of fused-ring (bicyclic) bond motifs is 2. The van der Waals surface area contributed by atoms with Crippen LogP contribution < -0.4 is 15.6 Å². The topological polar surface area (TPSA) is 121 Å². The number of methoxy groups -OCH3 is 1. The van der Waals surface area contributed by atoms with Crippen molar-refractivity contribution in [3.05, 3.63) is 46.1 Å². The molecule has 3 aromatic rings. The molecular formula is C21H24N6O4. The van der Waals surface area contributed by atoms with Crippen molar-refractivity contribution in [2.45, 2.75) is 51.7 Å². The number of aromatic nitrogens is 5. The number of hydrogen-bond donors (Lipinski definition) is 1. The molecule has 10 heteroatoms. The van der Waals surface area contributed by atoms with E-state index < -0.39 is 6.09 Å². The third-order valence-corrected chi connectivity index (χ3v) is 4.83. The molecule has 1 amide bonds. The number of pyridine rings is 1. The first kappa shape index (κ1) is 20.7. The van der Waals surface area contributed by atoms with Gasteiger partial charge in [0.1, 0.15) is 11.6 Å². The van der Waals surface area contributed by atoms with Gasteiger partial charge in [-0.05, 0) is 45.2 Å². The molecule has 162 valence electrons. The number of hydrogen-bond acceptors (Lipinski definition) is 8. The second-order valence-corrected chi connectivity index (χ2v) is 8.42. The highest BCUT2D eigenvalue weighted by Gasteiger charge is 2.25. The van der Waals surface area contributed by atoms with Crippen LogP contribution in [0.3, 0.4) is 0 Å². The van der Waals surface area contributed by atoms with Crippen molar-refractivity contribution in [3.63, 3.8) is 0 Å². The van der Waals surface area contributed by atoms with Crippen LogP contribution in [-0.2, 0) is 17.6 Å². The Balaban J connectivity index is 1.62. The van der Waals surface area contributed by atoms with Gasteiger partial charge in [-0.2, -0.15) is 4.98 Å². The summed E-state index contributed by atoms with van der Waals surface area (Å²) in [5.41, 5.74) is 1.81. The predicted octanol–water partition coefficient (Wildman–Crippen LogP) is 1.96. The molecule has 1 aliphatic carbocycles. The maximum absolute atomic E-state index is 12.6. The minimum Gasteiger partial charge on any atom is -0.481 e. The number of aryl methyl sites for hydroxylation is 1. The number of ether oxygens (including phenoxy) is 2. The lowest BCUT2D eigenvalue weighted by molar-refractivity contribution is 0.0832. The van der Waals surface area contributed by atoms with Crippen LogP contribution in [0.15, 0.2) is 29.3 Å². The zero-order valence-electron chi connectivity index (χ0n) is 17.9. The lowest BCUT2D eigenvalue weighted by Crippen LogP contribution is -2.43. The monoisotopic (exact) mass is 424 g/mol. The molecule has 0 spiro atoms. The van der Waals surface area contributed by atoms with E-state index in [9.17, 15) is 9.59 Å². The fourth-order valence-electron chi connectivity index (χ4n) is 3.44. The highest BCUT2D eigenvalue weighted by atomic mass is 16.6. The summed E-state index contributed by atoms with van der Waals surface area (Å²) in [6.07, 6.45) is 3.97. The van der Waals surface area contributed by atoms with Crippen LogP contribution in [0.1, 0.15) is 38.4 Å². The molecule has 0 bridgehead atoms. The Hall–Kier alpha value is -3.56. The van der Waals surface area contributed by atoms with Gasteiger partial charge in [-0.15, -0.1) is 0 Å². The molecule has 3 aromatic heterocycles. The van der Waals surface area contributed by atoms with Gasteiger partial charge in [0, 0.05) is 29.9 Å². The summed E-state index contributed by atoms with van der Waals surface area (Å²) in [5.74, 6) is 0.585. The highest BCUT2D eigenvalue weighted by Crippen LogP contribution is 2.23. The summed E-state index contributed by atoms with van der Waals surface area (Å²) in [7, 11) is 1.50. The van der Waals surface area contributed by atoms with Crippen molar-refractivity contribution in [2.75, 3.05) is 7.11 Å². The summed E-state index contributed by atoms with van der Waals surface area (Å²) in [5, 5.41) is 2.80. The van der Waals surface area contributed by atoms with Gasteiger partial charge < -0.3 is 14.8 Å². The van der Waals surface area contributed by atoms with E-state index in [1.54, 1.807) is 18.3 Å². The second-order valence-electron chi connectivity index (χ2n) is 8.42. The molecule has 3 heterocycles. The molecule has 1 aliphatic rings. The van der Waals surface area contributed by atoms with E-state index in [-0.39, 0.29) is 23.2 Å². The number of carbonyl (C=O) groups excluding carboxylic acids is 1. The van der Waals surface area contributed by atoms with E-state index in [4.69, 9.17) is 9.47 Å². The fraction of sp³-hybridized carbons (Fsp3) is 0.429. The Bertz CT molecular complexity index is 1200. The molecule has 1 unspecified atom stereocenters. The van der Waals surface area contributed by atoms with Crippen molar-refractivity contribution in [1.82, 2.24) is 29.8 Å². The van der Waals surface area contributed by atoms with Crippen molar-refractivity contribution < 1.29 is 14.3 Å². The molecule has 1 atom stereocenters. The van der Waals surface area contributed by atoms with Gasteiger partial charge in [-0.3, -0.25) is 4.79 Å². The van der Waals surface area contributed by atoms with Gasteiger partial charge in [0.2, 0.25) is 11.8 Å². The first-order valence-corrected chi connectivity index (χ1v) is 10.0. The summed E-state index contributed by atoms with van der Waals surface area (Å²) < 4.78 is 12.0. The number of rotatable bonds is 3. The maximum Gasteiger partial charge on any atom is 0.407 e. The molecule has 0 aliphatic heterocycles. The van der Waals surface area contributed by atoms with Gasteiger partial charge in [-0.25, -0.2) is 24.3 Å². The van der Waals surface area contributed by atoms with Crippen LogP contribution >= 0.6 is 0 Å². The molecule has 0 saturated heterocycles. The molecule has 10 nitrogen and oxygen atoms in total. The predicted molar refractivity (Wildman–Crippen MR) is 112 cm³/mol. The Morgan fingerprint density at radius 1 is 1.19 bits per heavy atom. The van der Waals surface area contributed by atoms with Gasteiger partial charge in [0.25, 0.3) is 5.56 Å². The van der Waals surface area contributed by atoms with E-state index in [0.717, 1.165) is 11.3 Å². The quantitative estimate of drug-likeness (QED) is 0.677. The molecule has 4 rings (SSSR count). The molecule has 31 heavy (non-hydrogen) atoms. The SMILES string of the molecule is COc1ccc2ncc(=O)n(-c3ncc4c(n3)CCC(OC(=O)NC(C)(C)C)C4)c2n1. The van der Waals surface area contributed by atoms with Gasteiger partial charge in [0.05, 0.1) is 13.3 Å². The van der Waals surface area contributed by atoms with E-state index in [1.165, 1.54) is 17.9 Å². The van der Waals surface area contributed by atoms with Crippen molar-refractivity contribution in [1.29, 1.82) is 0 Å². The third-order valence-electron chi connectivity index (χ3n) is 4.83. The smallest absolute Gasteiger partial charge is 0.407 e. The van der Waals surface area contributed by atoms with Crippen LogP contribution in [0.5, 0.6) is 5.88 Å². The average Bonchev–Trinajstić information content (AvgIpc) is 2.71. The molecule has 0 fully saturated rings. The van der Waals surface area contributed by atoms with E-state index >= 15 is 0 Å². The lowest BCUT2D eigenvalue weighted by Gasteiger charge is -2.26. The third kappa shape index (κ3) is 4.47. The molecule has 1 N–H and O–H groups in total. The van der Waals surface area contributed by atoms with E-state index in [1.807, 2.05) is 20.8 Å². The van der Waals surface area contributed by atoms with Crippen LogP contribution in [0, 0.1) is 0 Å². The van der Waals surface area contributed by atoms with Gasteiger partial charge in [-0.1, -0.05) is 0 Å². The van der Waals surface area contributed by atoms with E-state index in [2.05, 4.69) is 25.3 Å². The highest BCUT2D eigenvalue weighted by molar-refractivity contribution is 5.72. The lowest BCUT2D eigenvalue weighted by atomic mass is 9.95. The van der Waals surface area contributed by atoms with Crippen molar-refractivity contribution in [3.8, 4) is 11.8 Å². The minimum absolute atomic E-state index is 0.224. The normalized spacial score (nSPS) is 15.9. The second kappa shape index (κ2) is 7.93. The molecule has 0 aromatic carbocycles. The number of nitrogens with zero attached hydrogens (tertiary/aromatic N) is 5.